The van der Waals surface area contributed by atoms with Crippen molar-refractivity contribution in [3.63, 3.8) is 0 Å². The Hall–Kier alpha value is -4.29. The molecule has 0 aliphatic rings. The minimum absolute atomic E-state index is 0.0447. The summed E-state index contributed by atoms with van der Waals surface area (Å²) in [4.78, 5) is 26.9. The van der Waals surface area contributed by atoms with Crippen molar-refractivity contribution in [2.75, 3.05) is 5.32 Å². The minimum atomic E-state index is -4.84. The predicted molar refractivity (Wildman–Crippen MR) is 109 cm³/mol. The van der Waals surface area contributed by atoms with E-state index in [1.807, 2.05) is 0 Å². The quantitative estimate of drug-likeness (QED) is 0.402. The van der Waals surface area contributed by atoms with Crippen molar-refractivity contribution in [3.05, 3.63) is 71.7 Å². The maximum absolute atomic E-state index is 13.6. The average molecular weight is 478 g/mol. The molecular formula is C21H12F6N6O. The summed E-state index contributed by atoms with van der Waals surface area (Å²) in [6.07, 6.45) is -6.47. The number of carbonyl (C=O) groups is 1. The monoisotopic (exact) mass is 478 g/mol. The number of nitrogens with one attached hydrogen (secondary N) is 1. The van der Waals surface area contributed by atoms with E-state index in [0.717, 1.165) is 18.3 Å². The van der Waals surface area contributed by atoms with Crippen LogP contribution in [-0.2, 0) is 12.4 Å². The lowest BCUT2D eigenvalue weighted by Crippen LogP contribution is -2.16. The standard InChI is InChI=1S/C21H12F6N6O/c22-20(23,24)11-1-4-16(30-9-11)32-14-5-6-29-19-12(14)2-3-15(33-19)17-13(21(25,26)27)7-10(8-31-17)18(28)34/h1-9H,(H2,28,34)(H,29,30,32,33). The second-order valence-corrected chi connectivity index (χ2v) is 6.96. The van der Waals surface area contributed by atoms with Gasteiger partial charge in [0.1, 0.15) is 11.5 Å². The predicted octanol–water partition coefficient (Wildman–Crippen LogP) is 4.97. The highest BCUT2D eigenvalue weighted by Crippen LogP contribution is 2.37. The first-order valence-corrected chi connectivity index (χ1v) is 9.37. The third-order valence-corrected chi connectivity index (χ3v) is 4.68. The molecule has 0 aromatic carbocycles. The summed E-state index contributed by atoms with van der Waals surface area (Å²) < 4.78 is 78.9. The Kier molecular flexibility index (Phi) is 5.55. The largest absolute Gasteiger partial charge is 0.418 e. The molecule has 0 unspecified atom stereocenters. The van der Waals surface area contributed by atoms with Gasteiger partial charge in [0, 0.05) is 24.0 Å². The fourth-order valence-electron chi connectivity index (χ4n) is 3.06. The number of rotatable bonds is 4. The zero-order chi connectivity index (χ0) is 24.7. The Morgan fingerprint density at radius 3 is 2.26 bits per heavy atom. The van der Waals surface area contributed by atoms with E-state index in [9.17, 15) is 31.1 Å². The van der Waals surface area contributed by atoms with Gasteiger partial charge in [-0.1, -0.05) is 0 Å². The van der Waals surface area contributed by atoms with Gasteiger partial charge >= 0.3 is 12.4 Å². The van der Waals surface area contributed by atoms with Crippen LogP contribution in [-0.4, -0.2) is 25.8 Å². The van der Waals surface area contributed by atoms with Gasteiger partial charge < -0.3 is 11.1 Å². The van der Waals surface area contributed by atoms with E-state index in [-0.39, 0.29) is 17.2 Å². The number of nitrogens with two attached hydrogens (primary N) is 1. The number of nitrogens with zero attached hydrogens (tertiary/aromatic N) is 4. The summed E-state index contributed by atoms with van der Waals surface area (Å²) in [5.41, 5.74) is 2.26. The molecule has 0 saturated carbocycles. The highest BCUT2D eigenvalue weighted by Gasteiger charge is 2.36. The molecule has 13 heteroatoms. The maximum atomic E-state index is 13.6. The van der Waals surface area contributed by atoms with Crippen molar-refractivity contribution in [3.8, 4) is 11.4 Å². The molecule has 1 amide bonds. The van der Waals surface area contributed by atoms with Crippen LogP contribution in [0.2, 0.25) is 0 Å². The van der Waals surface area contributed by atoms with Crippen LogP contribution in [0.15, 0.2) is 55.0 Å². The molecule has 0 bridgehead atoms. The van der Waals surface area contributed by atoms with Crippen LogP contribution in [0.1, 0.15) is 21.5 Å². The Balaban J connectivity index is 1.73. The highest BCUT2D eigenvalue weighted by molar-refractivity contribution is 5.94. The van der Waals surface area contributed by atoms with Crippen LogP contribution in [0.3, 0.4) is 0 Å². The van der Waals surface area contributed by atoms with Crippen molar-refractivity contribution in [2.45, 2.75) is 12.4 Å². The first kappa shape index (κ1) is 22.9. The molecular weight excluding hydrogens is 466 g/mol. The number of pyridine rings is 4. The van der Waals surface area contributed by atoms with Gasteiger partial charge in [0.25, 0.3) is 0 Å². The van der Waals surface area contributed by atoms with E-state index in [2.05, 4.69) is 25.3 Å². The van der Waals surface area contributed by atoms with Crippen molar-refractivity contribution >= 4 is 28.4 Å². The topological polar surface area (TPSA) is 107 Å². The molecule has 3 N–H and O–H groups in total. The third kappa shape index (κ3) is 4.58. The number of anilines is 2. The van der Waals surface area contributed by atoms with Gasteiger partial charge in [-0.25, -0.2) is 15.0 Å². The zero-order valence-electron chi connectivity index (χ0n) is 16.7. The maximum Gasteiger partial charge on any atom is 0.418 e. The van der Waals surface area contributed by atoms with Crippen LogP contribution in [0, 0.1) is 0 Å². The highest BCUT2D eigenvalue weighted by atomic mass is 19.4. The summed E-state index contributed by atoms with van der Waals surface area (Å²) in [6, 6.07) is 6.80. The number of alkyl halides is 6. The SMILES string of the molecule is NC(=O)c1cnc(-c2ccc3c(Nc4ccc(C(F)(F)F)cn4)ccnc3n2)c(C(F)(F)F)c1. The van der Waals surface area contributed by atoms with Crippen molar-refractivity contribution < 1.29 is 31.1 Å². The lowest BCUT2D eigenvalue weighted by atomic mass is 10.1. The van der Waals surface area contributed by atoms with E-state index < -0.39 is 40.6 Å². The molecule has 4 heterocycles. The minimum Gasteiger partial charge on any atom is -0.366 e. The fourth-order valence-corrected chi connectivity index (χ4v) is 3.06. The van der Waals surface area contributed by atoms with E-state index in [1.165, 1.54) is 24.4 Å². The van der Waals surface area contributed by atoms with Gasteiger partial charge in [-0.2, -0.15) is 26.3 Å². The van der Waals surface area contributed by atoms with Gasteiger partial charge in [-0.3, -0.25) is 9.78 Å². The molecule has 0 atom stereocenters. The third-order valence-electron chi connectivity index (χ3n) is 4.68. The molecule has 0 saturated heterocycles. The molecule has 7 nitrogen and oxygen atoms in total. The van der Waals surface area contributed by atoms with E-state index in [4.69, 9.17) is 5.73 Å². The van der Waals surface area contributed by atoms with Gasteiger partial charge in [-0.05, 0) is 36.4 Å². The molecule has 174 valence electrons. The number of hydrogen-bond acceptors (Lipinski definition) is 6. The van der Waals surface area contributed by atoms with Crippen LogP contribution in [0.5, 0.6) is 0 Å². The first-order chi connectivity index (χ1) is 15.9. The number of carbonyl (C=O) groups excluding carboxylic acids is 1. The van der Waals surface area contributed by atoms with Crippen molar-refractivity contribution in [1.82, 2.24) is 19.9 Å². The number of fused-ring (bicyclic) bond motifs is 1. The number of hydrogen-bond donors (Lipinski definition) is 2. The molecule has 0 fully saturated rings. The molecule has 4 rings (SSSR count). The molecule has 0 radical (unpaired) electrons. The lowest BCUT2D eigenvalue weighted by Gasteiger charge is -2.14. The fraction of sp³-hybridized carbons (Fsp3) is 0.0952. The molecule has 4 aromatic heterocycles. The van der Waals surface area contributed by atoms with Gasteiger partial charge in [0.15, 0.2) is 5.65 Å². The van der Waals surface area contributed by atoms with Crippen molar-refractivity contribution in [1.29, 1.82) is 0 Å². The van der Waals surface area contributed by atoms with Gasteiger partial charge in [-0.15, -0.1) is 0 Å². The van der Waals surface area contributed by atoms with Crippen LogP contribution >= 0.6 is 0 Å². The van der Waals surface area contributed by atoms with Crippen LogP contribution in [0.4, 0.5) is 37.8 Å². The molecule has 0 aliphatic carbocycles. The number of primary amides is 1. The summed E-state index contributed by atoms with van der Waals surface area (Å²) >= 11 is 0. The Labute approximate surface area is 186 Å². The zero-order valence-corrected chi connectivity index (χ0v) is 16.7. The Bertz CT molecular complexity index is 1390. The summed E-state index contributed by atoms with van der Waals surface area (Å²) in [6.45, 7) is 0. The molecule has 0 aliphatic heterocycles. The second-order valence-electron chi connectivity index (χ2n) is 6.96. The van der Waals surface area contributed by atoms with Crippen molar-refractivity contribution in [2.24, 2.45) is 5.73 Å². The Morgan fingerprint density at radius 1 is 0.882 bits per heavy atom. The van der Waals surface area contributed by atoms with E-state index in [0.29, 0.717) is 23.3 Å². The molecule has 34 heavy (non-hydrogen) atoms. The molecule has 4 aromatic rings. The normalized spacial score (nSPS) is 12.1. The van der Waals surface area contributed by atoms with E-state index in [1.54, 1.807) is 0 Å². The Morgan fingerprint density at radius 2 is 1.65 bits per heavy atom. The molecule has 0 spiro atoms. The number of aromatic nitrogens is 4. The second kappa shape index (κ2) is 8.24. The number of amides is 1. The van der Waals surface area contributed by atoms with Crippen LogP contribution in [0.25, 0.3) is 22.4 Å². The lowest BCUT2D eigenvalue weighted by molar-refractivity contribution is -0.138. The summed E-state index contributed by atoms with van der Waals surface area (Å²) in [5.74, 6) is -0.960. The van der Waals surface area contributed by atoms with Gasteiger partial charge in [0.2, 0.25) is 5.91 Å². The first-order valence-electron chi connectivity index (χ1n) is 9.37. The number of halogens is 6. The summed E-state index contributed by atoms with van der Waals surface area (Å²) in [7, 11) is 0. The smallest absolute Gasteiger partial charge is 0.366 e. The summed E-state index contributed by atoms with van der Waals surface area (Å²) in [5, 5.41) is 3.21. The van der Waals surface area contributed by atoms with Gasteiger partial charge in [0.05, 0.1) is 28.1 Å². The average Bonchev–Trinajstić information content (AvgIpc) is 2.77. The van der Waals surface area contributed by atoms with Crippen LogP contribution < -0.4 is 11.1 Å². The van der Waals surface area contributed by atoms with E-state index >= 15 is 0 Å².